The van der Waals surface area contributed by atoms with Crippen LogP contribution in [0.2, 0.25) is 0 Å². The zero-order valence-electron chi connectivity index (χ0n) is 20.0. The van der Waals surface area contributed by atoms with Gasteiger partial charge in [0.15, 0.2) is 0 Å². The molecule has 1 N–H and O–H groups in total. The molecule has 2 saturated heterocycles. The third-order valence-electron chi connectivity index (χ3n) is 7.57. The van der Waals surface area contributed by atoms with E-state index in [2.05, 4.69) is 33.3 Å². The number of imide groups is 1. The highest BCUT2D eigenvalue weighted by Crippen LogP contribution is 2.31. The number of rotatable bonds is 5. The first-order chi connectivity index (χ1) is 17.0. The van der Waals surface area contributed by atoms with Crippen molar-refractivity contribution in [3.8, 4) is 5.75 Å². The third-order valence-corrected chi connectivity index (χ3v) is 7.57. The van der Waals surface area contributed by atoms with E-state index in [1.807, 2.05) is 42.5 Å². The lowest BCUT2D eigenvalue weighted by molar-refractivity contribution is -0.132. The topological polar surface area (TPSA) is 65.1 Å². The first-order valence-corrected chi connectivity index (χ1v) is 12.3. The van der Waals surface area contributed by atoms with E-state index < -0.39 is 5.54 Å². The molecule has 2 fully saturated rings. The second kappa shape index (κ2) is 8.66. The number of urea groups is 1. The SMILES string of the molecule is CC1(c2ccc3ccccc3c2)NC(=O)N(CN2CCN(Cc3ccc4c(c3)CCO4)CC2)C1=O. The molecule has 0 bridgehead atoms. The number of amides is 3. The van der Waals surface area contributed by atoms with E-state index in [0.717, 1.165) is 67.8 Å². The first-order valence-electron chi connectivity index (χ1n) is 12.3. The molecule has 3 heterocycles. The van der Waals surface area contributed by atoms with Gasteiger partial charge in [-0.1, -0.05) is 48.5 Å². The minimum absolute atomic E-state index is 0.194. The highest BCUT2D eigenvalue weighted by Gasteiger charge is 2.49. The van der Waals surface area contributed by atoms with Crippen molar-refractivity contribution in [2.45, 2.75) is 25.4 Å². The van der Waals surface area contributed by atoms with Crippen molar-refractivity contribution in [2.24, 2.45) is 0 Å². The van der Waals surface area contributed by atoms with E-state index in [1.165, 1.54) is 16.0 Å². The van der Waals surface area contributed by atoms with Crippen molar-refractivity contribution in [3.63, 3.8) is 0 Å². The molecule has 0 aliphatic carbocycles. The van der Waals surface area contributed by atoms with Crippen molar-refractivity contribution in [2.75, 3.05) is 39.5 Å². The Morgan fingerprint density at radius 1 is 0.914 bits per heavy atom. The Hall–Kier alpha value is -3.42. The van der Waals surface area contributed by atoms with E-state index >= 15 is 0 Å². The summed E-state index contributed by atoms with van der Waals surface area (Å²) in [6, 6.07) is 20.2. The number of hydrogen-bond acceptors (Lipinski definition) is 5. The number of ether oxygens (including phenoxy) is 1. The Morgan fingerprint density at radius 3 is 2.51 bits per heavy atom. The zero-order chi connectivity index (χ0) is 24.0. The van der Waals surface area contributed by atoms with Crippen molar-refractivity contribution in [1.82, 2.24) is 20.0 Å². The average Bonchev–Trinajstić information content (AvgIpc) is 3.43. The number of fused-ring (bicyclic) bond motifs is 2. The number of hydrogen-bond donors (Lipinski definition) is 1. The fraction of sp³-hybridized carbons (Fsp3) is 0.357. The smallest absolute Gasteiger partial charge is 0.326 e. The van der Waals surface area contributed by atoms with Crippen LogP contribution in [0.4, 0.5) is 4.79 Å². The number of carbonyl (C=O) groups excluding carboxylic acids is 2. The van der Waals surface area contributed by atoms with Gasteiger partial charge in [-0.3, -0.25) is 14.6 Å². The highest BCUT2D eigenvalue weighted by molar-refractivity contribution is 6.07. The Kier molecular flexibility index (Phi) is 5.46. The van der Waals surface area contributed by atoms with Crippen molar-refractivity contribution in [1.29, 1.82) is 0 Å². The molecule has 0 saturated carbocycles. The number of carbonyl (C=O) groups is 2. The summed E-state index contributed by atoms with van der Waals surface area (Å²) in [7, 11) is 0. The molecule has 0 radical (unpaired) electrons. The summed E-state index contributed by atoms with van der Waals surface area (Å²) in [6.07, 6.45) is 0.987. The van der Waals surface area contributed by atoms with Crippen LogP contribution in [-0.4, -0.2) is 66.1 Å². The quantitative estimate of drug-likeness (QED) is 0.580. The van der Waals surface area contributed by atoms with Gasteiger partial charge < -0.3 is 10.1 Å². The first kappa shape index (κ1) is 22.1. The molecule has 3 aliphatic rings. The maximum Gasteiger partial charge on any atom is 0.326 e. The van der Waals surface area contributed by atoms with Gasteiger partial charge in [-0.05, 0) is 46.5 Å². The maximum absolute atomic E-state index is 13.4. The van der Waals surface area contributed by atoms with Crippen LogP contribution in [0.5, 0.6) is 5.75 Å². The Balaban J connectivity index is 1.09. The molecule has 3 aromatic rings. The number of nitrogens with one attached hydrogen (secondary N) is 1. The predicted octanol–water partition coefficient (Wildman–Crippen LogP) is 3.32. The molecule has 180 valence electrons. The zero-order valence-corrected chi connectivity index (χ0v) is 20.0. The summed E-state index contributed by atoms with van der Waals surface area (Å²) in [6.45, 7) is 7.24. The summed E-state index contributed by atoms with van der Waals surface area (Å²) < 4.78 is 5.61. The molecular formula is C28H30N4O3. The molecule has 6 rings (SSSR count). The fourth-order valence-electron chi connectivity index (χ4n) is 5.41. The number of benzene rings is 3. The minimum atomic E-state index is -1.06. The van der Waals surface area contributed by atoms with Crippen LogP contribution < -0.4 is 10.1 Å². The lowest BCUT2D eigenvalue weighted by Crippen LogP contribution is -2.51. The van der Waals surface area contributed by atoms with Crippen LogP contribution >= 0.6 is 0 Å². The monoisotopic (exact) mass is 470 g/mol. The molecule has 1 atom stereocenters. The molecular weight excluding hydrogens is 440 g/mol. The predicted molar refractivity (Wildman–Crippen MR) is 134 cm³/mol. The second-order valence-electron chi connectivity index (χ2n) is 9.93. The van der Waals surface area contributed by atoms with Crippen LogP contribution in [-0.2, 0) is 23.3 Å². The normalized spacial score (nSPS) is 22.9. The lowest BCUT2D eigenvalue weighted by atomic mass is 9.90. The number of nitrogens with zero attached hydrogens (tertiary/aromatic N) is 3. The van der Waals surface area contributed by atoms with Gasteiger partial charge in [-0.25, -0.2) is 9.69 Å². The molecule has 7 nitrogen and oxygen atoms in total. The van der Waals surface area contributed by atoms with Crippen LogP contribution in [0, 0.1) is 0 Å². The summed E-state index contributed by atoms with van der Waals surface area (Å²) in [5, 5.41) is 5.12. The Bertz CT molecular complexity index is 1300. The summed E-state index contributed by atoms with van der Waals surface area (Å²) in [5.41, 5.74) is 2.36. The van der Waals surface area contributed by atoms with Crippen molar-refractivity contribution >= 4 is 22.7 Å². The molecule has 0 aromatic heterocycles. The van der Waals surface area contributed by atoms with E-state index in [9.17, 15) is 9.59 Å². The summed E-state index contributed by atoms with van der Waals surface area (Å²) >= 11 is 0. The van der Waals surface area contributed by atoms with Crippen LogP contribution in [0.15, 0.2) is 60.7 Å². The lowest BCUT2D eigenvalue weighted by Gasteiger charge is -2.36. The Labute approximate surface area is 205 Å². The van der Waals surface area contributed by atoms with E-state index in [-0.39, 0.29) is 11.9 Å². The van der Waals surface area contributed by atoms with Crippen LogP contribution in [0.3, 0.4) is 0 Å². The Morgan fingerprint density at radius 2 is 1.69 bits per heavy atom. The molecule has 1 unspecified atom stereocenters. The standard InChI is InChI=1S/C28H30N4O3/c1-28(24-8-7-21-4-2-3-5-22(21)17-24)26(33)32(27(34)29-28)19-31-13-11-30(12-14-31)18-20-6-9-25-23(16-20)10-15-35-25/h2-9,16-17H,10-15,18-19H2,1H3,(H,29,34). The molecule has 35 heavy (non-hydrogen) atoms. The largest absolute Gasteiger partial charge is 0.493 e. The number of piperazine rings is 1. The molecule has 3 aromatic carbocycles. The van der Waals surface area contributed by atoms with Gasteiger partial charge in [0.25, 0.3) is 5.91 Å². The highest BCUT2D eigenvalue weighted by atomic mass is 16.5. The molecule has 7 heteroatoms. The van der Waals surface area contributed by atoms with Gasteiger partial charge in [0.05, 0.1) is 13.3 Å². The van der Waals surface area contributed by atoms with Gasteiger partial charge >= 0.3 is 6.03 Å². The maximum atomic E-state index is 13.4. The summed E-state index contributed by atoms with van der Waals surface area (Å²) in [5.74, 6) is 0.823. The summed E-state index contributed by atoms with van der Waals surface area (Å²) in [4.78, 5) is 32.3. The average molecular weight is 471 g/mol. The van der Waals surface area contributed by atoms with Gasteiger partial charge in [0, 0.05) is 39.1 Å². The van der Waals surface area contributed by atoms with Crippen LogP contribution in [0.1, 0.15) is 23.6 Å². The molecule has 0 spiro atoms. The van der Waals surface area contributed by atoms with Crippen molar-refractivity contribution < 1.29 is 14.3 Å². The van der Waals surface area contributed by atoms with Gasteiger partial charge in [0.2, 0.25) is 0 Å². The van der Waals surface area contributed by atoms with E-state index in [4.69, 9.17) is 4.74 Å². The van der Waals surface area contributed by atoms with Gasteiger partial charge in [-0.2, -0.15) is 0 Å². The second-order valence-corrected chi connectivity index (χ2v) is 9.93. The van der Waals surface area contributed by atoms with Gasteiger partial charge in [0.1, 0.15) is 11.3 Å². The fourth-order valence-corrected chi connectivity index (χ4v) is 5.41. The van der Waals surface area contributed by atoms with Gasteiger partial charge in [-0.15, -0.1) is 0 Å². The third kappa shape index (κ3) is 4.05. The van der Waals surface area contributed by atoms with E-state index in [0.29, 0.717) is 6.67 Å². The van der Waals surface area contributed by atoms with Crippen molar-refractivity contribution in [3.05, 3.63) is 77.4 Å². The molecule has 3 aliphatic heterocycles. The van der Waals surface area contributed by atoms with E-state index in [1.54, 1.807) is 6.92 Å². The van der Waals surface area contributed by atoms with Crippen LogP contribution in [0.25, 0.3) is 10.8 Å². The minimum Gasteiger partial charge on any atom is -0.493 e. The molecule has 3 amide bonds.